The Bertz CT molecular complexity index is 377. The zero-order valence-corrected chi connectivity index (χ0v) is 10.6. The van der Waals surface area contributed by atoms with Crippen LogP contribution in [0.25, 0.3) is 0 Å². The fraction of sp³-hybridized carbons (Fsp3) is 0.545. The van der Waals surface area contributed by atoms with E-state index >= 15 is 0 Å². The van der Waals surface area contributed by atoms with E-state index in [0.29, 0.717) is 12.6 Å². The Balaban J connectivity index is 2.75. The number of nitrogens with two attached hydrogens (primary N) is 1. The molecule has 0 aliphatic heterocycles. The van der Waals surface area contributed by atoms with Crippen LogP contribution in [-0.2, 0) is 0 Å². The van der Waals surface area contributed by atoms with Crippen molar-refractivity contribution in [1.29, 1.82) is 0 Å². The largest absolute Gasteiger partial charge is 0.403 e. The van der Waals surface area contributed by atoms with Gasteiger partial charge in [-0.2, -0.15) is 5.10 Å². The number of nitrogens with one attached hydrogen (secondary N) is 1. The van der Waals surface area contributed by atoms with Crippen LogP contribution in [0.3, 0.4) is 0 Å². The summed E-state index contributed by atoms with van der Waals surface area (Å²) in [5, 5.41) is 7.33. The number of aliphatic imine (C=N–C) groups is 1. The molecule has 0 radical (unpaired) electrons. The van der Waals surface area contributed by atoms with Crippen LogP contribution in [0, 0.1) is 0 Å². The maximum atomic E-state index is 5.56. The van der Waals surface area contributed by atoms with Gasteiger partial charge in [0.2, 0.25) is 0 Å². The molecule has 0 atom stereocenters. The van der Waals surface area contributed by atoms with Crippen molar-refractivity contribution in [3.05, 3.63) is 24.6 Å². The minimum absolute atomic E-state index is 0.400. The second-order valence-corrected chi connectivity index (χ2v) is 3.92. The first-order chi connectivity index (χ1) is 8.17. The Hall–Kier alpha value is -1.69. The van der Waals surface area contributed by atoms with Gasteiger partial charge in [-0.25, -0.2) is 14.7 Å². The van der Waals surface area contributed by atoms with Crippen molar-refractivity contribution in [3.63, 3.8) is 0 Å². The van der Waals surface area contributed by atoms with Crippen molar-refractivity contribution in [2.24, 2.45) is 10.7 Å². The summed E-state index contributed by atoms with van der Waals surface area (Å²) in [6.07, 6.45) is 5.40. The number of hydrogen-bond acceptors (Lipinski definition) is 5. The number of nitrogens with zero attached hydrogens (tertiary/aromatic N) is 4. The highest BCUT2D eigenvalue weighted by atomic mass is 15.3. The molecular weight excluding hydrogens is 216 g/mol. The molecule has 94 valence electrons. The highest BCUT2D eigenvalue weighted by molar-refractivity contribution is 5.84. The van der Waals surface area contributed by atoms with Gasteiger partial charge in [-0.1, -0.05) is 20.8 Å². The molecule has 1 rings (SSSR count). The minimum atomic E-state index is 0.400. The van der Waals surface area contributed by atoms with Crippen LogP contribution < -0.4 is 11.1 Å². The molecule has 1 aromatic heterocycles. The number of rotatable bonds is 5. The lowest BCUT2D eigenvalue weighted by Gasteiger charge is -2.09. The van der Waals surface area contributed by atoms with E-state index in [1.54, 1.807) is 11.0 Å². The summed E-state index contributed by atoms with van der Waals surface area (Å²) in [6, 6.07) is 0.400. The molecule has 0 fully saturated rings. The summed E-state index contributed by atoms with van der Waals surface area (Å²) in [5.41, 5.74) is 6.36. The SMILES string of the molecule is CC/C(=N\C(=C/N)CNC(C)C)n1cncn1. The molecule has 0 bridgehead atoms. The molecule has 0 aromatic carbocycles. The fourth-order valence-corrected chi connectivity index (χ4v) is 1.24. The Labute approximate surface area is 102 Å². The quantitative estimate of drug-likeness (QED) is 0.583. The van der Waals surface area contributed by atoms with Gasteiger partial charge in [0.25, 0.3) is 0 Å². The van der Waals surface area contributed by atoms with Crippen molar-refractivity contribution in [2.45, 2.75) is 33.2 Å². The van der Waals surface area contributed by atoms with Crippen molar-refractivity contribution >= 4 is 5.84 Å². The van der Waals surface area contributed by atoms with E-state index in [1.165, 1.54) is 12.5 Å². The van der Waals surface area contributed by atoms with Gasteiger partial charge >= 0.3 is 0 Å². The monoisotopic (exact) mass is 236 g/mol. The molecule has 17 heavy (non-hydrogen) atoms. The molecule has 1 aromatic rings. The summed E-state index contributed by atoms with van der Waals surface area (Å²) in [6.45, 7) is 6.82. The van der Waals surface area contributed by atoms with E-state index in [9.17, 15) is 0 Å². The second-order valence-electron chi connectivity index (χ2n) is 3.92. The molecule has 0 amide bonds. The Morgan fingerprint density at radius 2 is 2.35 bits per heavy atom. The summed E-state index contributed by atoms with van der Waals surface area (Å²) in [4.78, 5) is 8.38. The third kappa shape index (κ3) is 4.36. The van der Waals surface area contributed by atoms with Gasteiger partial charge in [0.05, 0.1) is 5.70 Å². The van der Waals surface area contributed by atoms with Crippen LogP contribution in [0.4, 0.5) is 0 Å². The number of aromatic nitrogens is 3. The van der Waals surface area contributed by atoms with E-state index in [2.05, 4.69) is 34.2 Å². The van der Waals surface area contributed by atoms with Crippen molar-refractivity contribution < 1.29 is 0 Å². The first kappa shape index (κ1) is 13.4. The third-order valence-electron chi connectivity index (χ3n) is 2.16. The van der Waals surface area contributed by atoms with Crippen LogP contribution in [0.1, 0.15) is 27.2 Å². The molecule has 0 saturated heterocycles. The van der Waals surface area contributed by atoms with Gasteiger partial charge in [0.1, 0.15) is 18.5 Å². The standard InChI is InChI=1S/C11H20N6/c1-4-11(17-8-13-7-15-17)16-10(5-12)6-14-9(2)3/h5,7-9,14H,4,6,12H2,1-3H3/b10-5-,16-11+. The highest BCUT2D eigenvalue weighted by Gasteiger charge is 2.03. The van der Waals surface area contributed by atoms with Gasteiger partial charge in [-0.3, -0.25) is 0 Å². The first-order valence-corrected chi connectivity index (χ1v) is 5.74. The zero-order chi connectivity index (χ0) is 12.7. The highest BCUT2D eigenvalue weighted by Crippen LogP contribution is 1.99. The molecule has 0 aliphatic carbocycles. The summed E-state index contributed by atoms with van der Waals surface area (Å²) in [5.74, 6) is 0.824. The van der Waals surface area contributed by atoms with Crippen LogP contribution in [-0.4, -0.2) is 33.2 Å². The van der Waals surface area contributed by atoms with Crippen molar-refractivity contribution in [2.75, 3.05) is 6.54 Å². The van der Waals surface area contributed by atoms with Gasteiger partial charge in [0.15, 0.2) is 0 Å². The van der Waals surface area contributed by atoms with Crippen molar-refractivity contribution in [1.82, 2.24) is 20.1 Å². The predicted molar refractivity (Wildman–Crippen MR) is 68.6 cm³/mol. The molecule has 6 heteroatoms. The van der Waals surface area contributed by atoms with Crippen molar-refractivity contribution in [3.8, 4) is 0 Å². The molecular formula is C11H20N6. The molecule has 0 aliphatic rings. The lowest BCUT2D eigenvalue weighted by Crippen LogP contribution is -2.25. The van der Waals surface area contributed by atoms with E-state index in [-0.39, 0.29) is 0 Å². The summed E-state index contributed by atoms with van der Waals surface area (Å²) >= 11 is 0. The minimum Gasteiger partial charge on any atom is -0.403 e. The average molecular weight is 236 g/mol. The predicted octanol–water partition coefficient (Wildman–Crippen LogP) is 0.733. The molecule has 0 saturated carbocycles. The molecule has 0 spiro atoms. The lowest BCUT2D eigenvalue weighted by atomic mass is 10.3. The maximum absolute atomic E-state index is 5.56. The Morgan fingerprint density at radius 3 is 2.82 bits per heavy atom. The first-order valence-electron chi connectivity index (χ1n) is 5.74. The topological polar surface area (TPSA) is 81.1 Å². The maximum Gasteiger partial charge on any atom is 0.138 e. The van der Waals surface area contributed by atoms with Crippen LogP contribution >= 0.6 is 0 Å². The van der Waals surface area contributed by atoms with Gasteiger partial charge in [-0.05, 0) is 0 Å². The molecule has 1 heterocycles. The van der Waals surface area contributed by atoms with Gasteiger partial charge < -0.3 is 11.1 Å². The second kappa shape index (κ2) is 6.80. The smallest absolute Gasteiger partial charge is 0.138 e. The Kier molecular flexibility index (Phi) is 5.35. The van der Waals surface area contributed by atoms with Crippen LogP contribution in [0.5, 0.6) is 0 Å². The van der Waals surface area contributed by atoms with E-state index < -0.39 is 0 Å². The van der Waals surface area contributed by atoms with E-state index in [4.69, 9.17) is 5.73 Å². The zero-order valence-electron chi connectivity index (χ0n) is 10.6. The fourth-order valence-electron chi connectivity index (χ4n) is 1.24. The van der Waals surface area contributed by atoms with Crippen LogP contribution in [0.2, 0.25) is 0 Å². The summed E-state index contributed by atoms with van der Waals surface area (Å²) < 4.78 is 1.65. The van der Waals surface area contributed by atoms with Gasteiger partial charge in [-0.15, -0.1) is 0 Å². The average Bonchev–Trinajstić information content (AvgIpc) is 2.83. The van der Waals surface area contributed by atoms with Gasteiger partial charge in [0, 0.05) is 25.2 Å². The van der Waals surface area contributed by atoms with Crippen LogP contribution in [0.15, 0.2) is 29.5 Å². The number of hydrogen-bond donors (Lipinski definition) is 2. The Morgan fingerprint density at radius 1 is 1.59 bits per heavy atom. The van der Waals surface area contributed by atoms with E-state index in [0.717, 1.165) is 18.0 Å². The van der Waals surface area contributed by atoms with E-state index in [1.807, 2.05) is 6.92 Å². The lowest BCUT2D eigenvalue weighted by molar-refractivity contribution is 0.618. The normalized spacial score (nSPS) is 13.4. The molecule has 3 N–H and O–H groups in total. The molecule has 6 nitrogen and oxygen atoms in total. The molecule has 0 unspecified atom stereocenters. The third-order valence-corrected chi connectivity index (χ3v) is 2.16. The summed E-state index contributed by atoms with van der Waals surface area (Å²) in [7, 11) is 0.